The van der Waals surface area contributed by atoms with Crippen molar-refractivity contribution in [3.05, 3.63) is 29.1 Å². The van der Waals surface area contributed by atoms with Gasteiger partial charge in [-0.1, -0.05) is 13.8 Å². The van der Waals surface area contributed by atoms with Crippen molar-refractivity contribution < 1.29 is 14.7 Å². The Kier molecular flexibility index (Phi) is 4.03. The number of pyridine rings is 1. The summed E-state index contributed by atoms with van der Waals surface area (Å²) in [5, 5.41) is 9.54. The summed E-state index contributed by atoms with van der Waals surface area (Å²) in [5.41, 5.74) is 1.29. The molecule has 0 spiro atoms. The number of amides is 1. The maximum atomic E-state index is 12.6. The van der Waals surface area contributed by atoms with Gasteiger partial charge in [-0.2, -0.15) is 0 Å². The Balaban J connectivity index is 2.25. The molecule has 5 nitrogen and oxygen atoms in total. The fraction of sp³-hybridized carbons (Fsp3) is 0.562. The Bertz CT molecular complexity index is 583. The molecule has 0 saturated carbocycles. The van der Waals surface area contributed by atoms with Gasteiger partial charge in [0.2, 0.25) is 0 Å². The lowest BCUT2D eigenvalue weighted by Crippen LogP contribution is -2.40. The highest BCUT2D eigenvalue weighted by Crippen LogP contribution is 2.38. The molecule has 1 aromatic rings. The molecule has 1 N–H and O–H groups in total. The van der Waals surface area contributed by atoms with Gasteiger partial charge in [-0.3, -0.25) is 14.6 Å². The number of rotatable bonds is 3. The molecule has 0 aromatic carbocycles. The van der Waals surface area contributed by atoms with Gasteiger partial charge in [0.1, 0.15) is 0 Å². The maximum Gasteiger partial charge on any atom is 0.311 e. The summed E-state index contributed by atoms with van der Waals surface area (Å²) in [6.07, 6.45) is 0.504. The zero-order chi connectivity index (χ0) is 15.8. The Morgan fingerprint density at radius 3 is 2.48 bits per heavy atom. The van der Waals surface area contributed by atoms with E-state index in [0.717, 1.165) is 5.69 Å². The molecular weight excluding hydrogens is 268 g/mol. The number of aryl methyl sites for hydroxylation is 2. The summed E-state index contributed by atoms with van der Waals surface area (Å²) in [6.45, 7) is 8.25. The zero-order valence-electron chi connectivity index (χ0n) is 13.0. The molecule has 114 valence electrons. The summed E-state index contributed by atoms with van der Waals surface area (Å²) >= 11 is 0. The van der Waals surface area contributed by atoms with Gasteiger partial charge >= 0.3 is 5.97 Å². The number of hydrogen-bond donors (Lipinski definition) is 1. The fourth-order valence-corrected chi connectivity index (χ4v) is 2.98. The Labute approximate surface area is 125 Å². The molecule has 1 amide bonds. The lowest BCUT2D eigenvalue weighted by atomic mass is 9.76. The highest BCUT2D eigenvalue weighted by atomic mass is 16.4. The smallest absolute Gasteiger partial charge is 0.311 e. The first-order valence-corrected chi connectivity index (χ1v) is 7.25. The third-order valence-corrected chi connectivity index (χ3v) is 4.57. The highest BCUT2D eigenvalue weighted by Gasteiger charge is 2.48. The van der Waals surface area contributed by atoms with Crippen LogP contribution >= 0.6 is 0 Å². The lowest BCUT2D eigenvalue weighted by molar-refractivity contribution is -0.150. The summed E-state index contributed by atoms with van der Waals surface area (Å²) in [6, 6.07) is 3.58. The second kappa shape index (κ2) is 5.47. The molecule has 0 radical (unpaired) electrons. The number of carboxylic acids is 1. The van der Waals surface area contributed by atoms with Crippen LogP contribution in [0.3, 0.4) is 0 Å². The van der Waals surface area contributed by atoms with Gasteiger partial charge in [0.05, 0.1) is 16.7 Å². The molecule has 1 aliphatic rings. The van der Waals surface area contributed by atoms with Gasteiger partial charge in [0.15, 0.2) is 0 Å². The Morgan fingerprint density at radius 2 is 2.00 bits per heavy atom. The molecule has 1 saturated heterocycles. The molecular formula is C16H22N2O3. The second-order valence-electron chi connectivity index (χ2n) is 6.18. The standard InChI is InChI=1S/C16H22N2O3/c1-10(2)16(15(20)21)7-8-18(9-16)14(19)13-6-5-11(3)17-12(13)4/h5-6,10H,7-9H2,1-4H3,(H,20,21). The van der Waals surface area contributed by atoms with Gasteiger partial charge in [0, 0.05) is 18.8 Å². The van der Waals surface area contributed by atoms with Crippen LogP contribution in [0, 0.1) is 25.2 Å². The van der Waals surface area contributed by atoms with E-state index in [2.05, 4.69) is 4.98 Å². The molecule has 1 unspecified atom stereocenters. The van der Waals surface area contributed by atoms with Crippen LogP contribution in [0.5, 0.6) is 0 Å². The molecule has 0 bridgehead atoms. The van der Waals surface area contributed by atoms with Gasteiger partial charge in [-0.15, -0.1) is 0 Å². The van der Waals surface area contributed by atoms with Gasteiger partial charge in [-0.05, 0) is 38.3 Å². The van der Waals surface area contributed by atoms with E-state index in [9.17, 15) is 14.7 Å². The van der Waals surface area contributed by atoms with E-state index in [4.69, 9.17) is 0 Å². The summed E-state index contributed by atoms with van der Waals surface area (Å²) in [4.78, 5) is 30.2. The quantitative estimate of drug-likeness (QED) is 0.927. The molecule has 1 aliphatic heterocycles. The van der Waals surface area contributed by atoms with Crippen LogP contribution in [0.2, 0.25) is 0 Å². The van der Waals surface area contributed by atoms with Gasteiger partial charge < -0.3 is 10.0 Å². The van der Waals surface area contributed by atoms with Crippen molar-refractivity contribution in [1.29, 1.82) is 0 Å². The number of aliphatic carboxylic acids is 1. The first-order valence-electron chi connectivity index (χ1n) is 7.25. The minimum absolute atomic E-state index is 0.00922. The SMILES string of the molecule is Cc1ccc(C(=O)N2CCC(C(=O)O)(C(C)C)C2)c(C)n1. The Morgan fingerprint density at radius 1 is 1.33 bits per heavy atom. The van der Waals surface area contributed by atoms with E-state index < -0.39 is 11.4 Å². The third-order valence-electron chi connectivity index (χ3n) is 4.57. The molecule has 2 heterocycles. The molecule has 1 atom stereocenters. The van der Waals surface area contributed by atoms with Gasteiger partial charge in [-0.25, -0.2) is 0 Å². The predicted molar refractivity (Wildman–Crippen MR) is 79.1 cm³/mol. The fourth-order valence-electron chi connectivity index (χ4n) is 2.98. The first kappa shape index (κ1) is 15.5. The minimum Gasteiger partial charge on any atom is -0.481 e. The van der Waals surface area contributed by atoms with Crippen LogP contribution in [-0.4, -0.2) is 40.0 Å². The van der Waals surface area contributed by atoms with E-state index in [-0.39, 0.29) is 18.4 Å². The average molecular weight is 290 g/mol. The zero-order valence-corrected chi connectivity index (χ0v) is 13.0. The number of nitrogens with zero attached hydrogens (tertiary/aromatic N) is 2. The number of carbonyl (C=O) groups excluding carboxylic acids is 1. The monoisotopic (exact) mass is 290 g/mol. The van der Waals surface area contributed by atoms with E-state index in [1.165, 1.54) is 0 Å². The second-order valence-corrected chi connectivity index (χ2v) is 6.18. The van der Waals surface area contributed by atoms with E-state index >= 15 is 0 Å². The van der Waals surface area contributed by atoms with Crippen LogP contribution in [0.4, 0.5) is 0 Å². The summed E-state index contributed by atoms with van der Waals surface area (Å²) in [7, 11) is 0. The van der Waals surface area contributed by atoms with Crippen LogP contribution in [-0.2, 0) is 4.79 Å². The van der Waals surface area contributed by atoms with Crippen molar-refractivity contribution in [3.8, 4) is 0 Å². The van der Waals surface area contributed by atoms with E-state index in [1.54, 1.807) is 11.0 Å². The molecule has 0 aliphatic carbocycles. The maximum absolute atomic E-state index is 12.6. The van der Waals surface area contributed by atoms with Crippen LogP contribution in [0.15, 0.2) is 12.1 Å². The average Bonchev–Trinajstić information content (AvgIpc) is 2.84. The third kappa shape index (κ3) is 2.64. The van der Waals surface area contributed by atoms with Crippen LogP contribution in [0.1, 0.15) is 42.0 Å². The van der Waals surface area contributed by atoms with Crippen molar-refractivity contribution in [1.82, 2.24) is 9.88 Å². The van der Waals surface area contributed by atoms with Crippen molar-refractivity contribution in [2.45, 2.75) is 34.1 Å². The minimum atomic E-state index is -0.832. The van der Waals surface area contributed by atoms with Crippen molar-refractivity contribution >= 4 is 11.9 Å². The topological polar surface area (TPSA) is 70.5 Å². The predicted octanol–water partition coefficient (Wildman–Crippen LogP) is 2.27. The number of carboxylic acid groups (broad SMARTS) is 1. The molecule has 1 fully saturated rings. The molecule has 2 rings (SSSR count). The number of carbonyl (C=O) groups is 2. The normalized spacial score (nSPS) is 21.9. The van der Waals surface area contributed by atoms with Gasteiger partial charge in [0.25, 0.3) is 5.91 Å². The van der Waals surface area contributed by atoms with Crippen LogP contribution < -0.4 is 0 Å². The Hall–Kier alpha value is -1.91. The number of aromatic nitrogens is 1. The van der Waals surface area contributed by atoms with Crippen molar-refractivity contribution in [3.63, 3.8) is 0 Å². The largest absolute Gasteiger partial charge is 0.481 e. The van der Waals surface area contributed by atoms with Crippen molar-refractivity contribution in [2.24, 2.45) is 11.3 Å². The van der Waals surface area contributed by atoms with Crippen molar-refractivity contribution in [2.75, 3.05) is 13.1 Å². The first-order chi connectivity index (χ1) is 9.78. The van der Waals surface area contributed by atoms with Crippen LogP contribution in [0.25, 0.3) is 0 Å². The molecule has 21 heavy (non-hydrogen) atoms. The molecule has 1 aromatic heterocycles. The number of hydrogen-bond acceptors (Lipinski definition) is 3. The number of likely N-dealkylation sites (tertiary alicyclic amines) is 1. The summed E-state index contributed by atoms with van der Waals surface area (Å²) < 4.78 is 0. The lowest BCUT2D eigenvalue weighted by Gasteiger charge is -2.28. The molecule has 5 heteroatoms. The summed E-state index contributed by atoms with van der Waals surface area (Å²) in [5.74, 6) is -0.944. The highest BCUT2D eigenvalue weighted by molar-refractivity contribution is 5.96. The van der Waals surface area contributed by atoms with E-state index in [0.29, 0.717) is 24.2 Å². The van der Waals surface area contributed by atoms with E-state index in [1.807, 2.05) is 33.8 Å².